The number of carbonyl (C=O) groups excluding carboxylic acids is 1. The number of rotatable bonds is 4. The predicted octanol–water partition coefficient (Wildman–Crippen LogP) is 2.66. The van der Waals surface area contributed by atoms with Gasteiger partial charge in [0.25, 0.3) is 5.91 Å². The Labute approximate surface area is 117 Å². The quantitative estimate of drug-likeness (QED) is 0.840. The first-order valence-electron chi connectivity index (χ1n) is 5.73. The minimum atomic E-state index is -3.79. The molecule has 2 N–H and O–H groups in total. The highest BCUT2D eigenvalue weighted by Crippen LogP contribution is 2.45. The molecule has 0 atom stereocenters. The average Bonchev–Trinajstić information content (AvgIpc) is 2.66. The third-order valence-corrected chi connectivity index (χ3v) is 5.49. The number of alkyl halides is 2. The molecule has 0 saturated heterocycles. The molecule has 1 fully saturated rings. The molecule has 1 amide bonds. The van der Waals surface area contributed by atoms with E-state index in [4.69, 9.17) is 0 Å². The van der Waals surface area contributed by atoms with E-state index in [2.05, 4.69) is 10.3 Å². The van der Waals surface area contributed by atoms with Gasteiger partial charge in [-0.25, -0.2) is 4.98 Å². The van der Waals surface area contributed by atoms with E-state index in [0.29, 0.717) is 12.1 Å². The summed E-state index contributed by atoms with van der Waals surface area (Å²) in [7, 11) is 0. The Morgan fingerprint density at radius 2 is 2.21 bits per heavy atom. The normalized spacial score (nSPS) is 17.9. The summed E-state index contributed by atoms with van der Waals surface area (Å²) >= 11 is 2.59. The highest BCUT2D eigenvalue weighted by Gasteiger charge is 2.61. The van der Waals surface area contributed by atoms with Gasteiger partial charge >= 0.3 is 5.92 Å². The molecule has 1 aliphatic carbocycles. The Balaban J connectivity index is 2.12. The number of hydrogen-bond donors (Lipinski definition) is 2. The molecule has 0 aliphatic heterocycles. The van der Waals surface area contributed by atoms with Crippen LogP contribution in [0.4, 0.5) is 13.9 Å². The van der Waals surface area contributed by atoms with Gasteiger partial charge in [-0.2, -0.15) is 8.78 Å². The zero-order chi connectivity index (χ0) is 14.3. The van der Waals surface area contributed by atoms with Crippen LogP contribution in [0.2, 0.25) is 0 Å². The number of nitrogens with zero attached hydrogens (tertiary/aromatic N) is 1. The molecular weight excluding hydrogens is 294 g/mol. The van der Waals surface area contributed by atoms with Crippen LogP contribution in [-0.4, -0.2) is 33.8 Å². The average molecular weight is 308 g/mol. The summed E-state index contributed by atoms with van der Waals surface area (Å²) in [4.78, 5) is 15.6. The molecule has 0 bridgehead atoms. The van der Waals surface area contributed by atoms with Gasteiger partial charge in [0.15, 0.2) is 5.13 Å². The number of aliphatic hydroxyl groups is 1. The molecule has 19 heavy (non-hydrogen) atoms. The van der Waals surface area contributed by atoms with E-state index in [1.807, 2.05) is 6.26 Å². The van der Waals surface area contributed by atoms with Crippen molar-refractivity contribution in [3.63, 3.8) is 0 Å². The largest absolute Gasteiger partial charge is 0.383 e. The summed E-state index contributed by atoms with van der Waals surface area (Å²) in [6, 6.07) is 0. The zero-order valence-corrected chi connectivity index (χ0v) is 12.1. The fraction of sp³-hybridized carbons (Fsp3) is 0.636. The van der Waals surface area contributed by atoms with Crippen molar-refractivity contribution in [1.82, 2.24) is 4.98 Å². The Hall–Kier alpha value is -0.730. The lowest BCUT2D eigenvalue weighted by molar-refractivity contribution is -0.212. The minimum absolute atomic E-state index is 0.0552. The SMILES string of the molecule is CSc1sc(NC(=O)C(F)(F)C2(O)CCC2)nc1C. The van der Waals surface area contributed by atoms with E-state index in [1.165, 1.54) is 11.8 Å². The van der Waals surface area contributed by atoms with Crippen LogP contribution in [0.25, 0.3) is 0 Å². The number of nitrogens with one attached hydrogen (secondary N) is 1. The predicted molar refractivity (Wildman–Crippen MR) is 71.0 cm³/mol. The third-order valence-electron chi connectivity index (χ3n) is 3.21. The molecule has 1 aromatic heterocycles. The van der Waals surface area contributed by atoms with E-state index in [0.717, 1.165) is 15.5 Å². The van der Waals surface area contributed by atoms with Crippen molar-refractivity contribution in [3.8, 4) is 0 Å². The summed E-state index contributed by atoms with van der Waals surface area (Å²) in [6.45, 7) is 1.75. The second-order valence-electron chi connectivity index (χ2n) is 4.51. The summed E-state index contributed by atoms with van der Waals surface area (Å²) in [6.07, 6.45) is 2.24. The van der Waals surface area contributed by atoms with Gasteiger partial charge in [-0.1, -0.05) is 11.3 Å². The Morgan fingerprint density at radius 3 is 2.63 bits per heavy atom. The first-order chi connectivity index (χ1) is 8.80. The lowest BCUT2D eigenvalue weighted by Crippen LogP contribution is -2.59. The van der Waals surface area contributed by atoms with Crippen molar-refractivity contribution in [2.24, 2.45) is 0 Å². The molecule has 1 heterocycles. The molecule has 0 aromatic carbocycles. The molecule has 0 spiro atoms. The molecule has 1 aromatic rings. The maximum absolute atomic E-state index is 13.8. The summed E-state index contributed by atoms with van der Waals surface area (Å²) in [5.41, 5.74) is -1.51. The van der Waals surface area contributed by atoms with Crippen molar-refractivity contribution >= 4 is 34.1 Å². The molecule has 8 heteroatoms. The van der Waals surface area contributed by atoms with Crippen molar-refractivity contribution in [2.45, 2.75) is 41.9 Å². The number of halogens is 2. The van der Waals surface area contributed by atoms with Crippen LogP contribution in [0.15, 0.2) is 4.21 Å². The van der Waals surface area contributed by atoms with E-state index in [1.54, 1.807) is 6.92 Å². The molecule has 0 unspecified atom stereocenters. The fourth-order valence-corrected chi connectivity index (χ4v) is 3.44. The van der Waals surface area contributed by atoms with Gasteiger partial charge in [-0.3, -0.25) is 10.1 Å². The molecule has 2 rings (SSSR count). The second-order valence-corrected chi connectivity index (χ2v) is 6.58. The monoisotopic (exact) mass is 308 g/mol. The smallest absolute Gasteiger partial charge is 0.352 e. The van der Waals surface area contributed by atoms with Gasteiger partial charge in [-0.05, 0) is 32.4 Å². The Bertz CT molecular complexity index is 501. The van der Waals surface area contributed by atoms with Gasteiger partial charge in [0, 0.05) is 0 Å². The molecule has 1 aliphatic rings. The van der Waals surface area contributed by atoms with Crippen LogP contribution in [0.5, 0.6) is 0 Å². The van der Waals surface area contributed by atoms with Gasteiger partial charge in [-0.15, -0.1) is 11.8 Å². The van der Waals surface area contributed by atoms with Gasteiger partial charge < -0.3 is 5.11 Å². The maximum atomic E-state index is 13.8. The van der Waals surface area contributed by atoms with Crippen LogP contribution < -0.4 is 5.32 Å². The van der Waals surface area contributed by atoms with Gasteiger partial charge in [0.2, 0.25) is 0 Å². The lowest BCUT2D eigenvalue weighted by Gasteiger charge is -2.41. The molecule has 1 saturated carbocycles. The highest BCUT2D eigenvalue weighted by molar-refractivity contribution is 8.00. The number of aryl methyl sites for hydroxylation is 1. The van der Waals surface area contributed by atoms with Crippen LogP contribution >= 0.6 is 23.1 Å². The first kappa shape index (κ1) is 14.7. The zero-order valence-electron chi connectivity index (χ0n) is 10.5. The topological polar surface area (TPSA) is 62.2 Å². The number of aromatic nitrogens is 1. The molecule has 4 nitrogen and oxygen atoms in total. The third kappa shape index (κ3) is 2.48. The van der Waals surface area contributed by atoms with Gasteiger partial charge in [0.05, 0.1) is 9.90 Å². The summed E-state index contributed by atoms with van der Waals surface area (Å²) in [5.74, 6) is -5.28. The van der Waals surface area contributed by atoms with E-state index in [9.17, 15) is 18.7 Å². The first-order valence-corrected chi connectivity index (χ1v) is 7.77. The summed E-state index contributed by atoms with van der Waals surface area (Å²) < 4.78 is 28.5. The van der Waals surface area contributed by atoms with E-state index in [-0.39, 0.29) is 18.0 Å². The maximum Gasteiger partial charge on any atom is 0.352 e. The van der Waals surface area contributed by atoms with Crippen molar-refractivity contribution in [1.29, 1.82) is 0 Å². The van der Waals surface area contributed by atoms with Crippen molar-refractivity contribution in [3.05, 3.63) is 5.69 Å². The van der Waals surface area contributed by atoms with Crippen LogP contribution in [0.1, 0.15) is 25.0 Å². The van der Waals surface area contributed by atoms with E-state index >= 15 is 0 Å². The Morgan fingerprint density at radius 1 is 1.58 bits per heavy atom. The number of hydrogen-bond acceptors (Lipinski definition) is 5. The van der Waals surface area contributed by atoms with Crippen LogP contribution in [-0.2, 0) is 4.79 Å². The number of amides is 1. The van der Waals surface area contributed by atoms with Crippen molar-refractivity contribution < 1.29 is 18.7 Å². The second kappa shape index (κ2) is 4.99. The molecular formula is C11H14F2N2O2S2. The highest BCUT2D eigenvalue weighted by atomic mass is 32.2. The fourth-order valence-electron chi connectivity index (χ4n) is 1.84. The Kier molecular flexibility index (Phi) is 3.85. The van der Waals surface area contributed by atoms with Crippen molar-refractivity contribution in [2.75, 3.05) is 11.6 Å². The van der Waals surface area contributed by atoms with E-state index < -0.39 is 17.4 Å². The minimum Gasteiger partial charge on any atom is -0.383 e. The molecule has 0 radical (unpaired) electrons. The van der Waals surface area contributed by atoms with Gasteiger partial charge in [0.1, 0.15) is 5.60 Å². The number of carbonyl (C=O) groups is 1. The molecule has 106 valence electrons. The number of thiazole rings is 1. The lowest BCUT2D eigenvalue weighted by atomic mass is 9.75. The van der Waals surface area contributed by atoms with Crippen LogP contribution in [0, 0.1) is 6.92 Å². The summed E-state index contributed by atoms with van der Waals surface area (Å²) in [5, 5.41) is 11.9. The number of thioether (sulfide) groups is 1. The standard InChI is InChI=1S/C11H14F2N2O2S2/c1-6-7(18-2)19-9(14-6)15-8(16)11(12,13)10(17)4-3-5-10/h17H,3-5H2,1-2H3,(H,14,15,16). The number of anilines is 1. The van der Waals surface area contributed by atoms with Crippen LogP contribution in [0.3, 0.4) is 0 Å².